The molecule has 0 atom stereocenters. The molecule has 0 spiro atoms. The van der Waals surface area contributed by atoms with Crippen molar-refractivity contribution in [2.45, 2.75) is 6.92 Å². The van der Waals surface area contributed by atoms with Gasteiger partial charge in [0.15, 0.2) is 17.5 Å². The molecular formula is C14H10F3NO. The molecule has 0 aliphatic carbocycles. The Morgan fingerprint density at radius 3 is 2.21 bits per heavy atom. The maximum atomic E-state index is 13.0. The van der Waals surface area contributed by atoms with Crippen LogP contribution >= 0.6 is 0 Å². The van der Waals surface area contributed by atoms with Gasteiger partial charge in [0.2, 0.25) is 0 Å². The summed E-state index contributed by atoms with van der Waals surface area (Å²) in [7, 11) is 0. The van der Waals surface area contributed by atoms with Gasteiger partial charge in [-0.25, -0.2) is 13.2 Å². The Bertz CT molecular complexity index is 617. The molecule has 98 valence electrons. The standard InChI is InChI=1S/C14H10F3NO/c1-8-4-2-3-5-10(8)14(19)18-9-6-11(15)13(17)12(16)7-9/h2-7H,1H3,(H,18,19). The van der Waals surface area contributed by atoms with Gasteiger partial charge in [-0.15, -0.1) is 0 Å². The number of amides is 1. The van der Waals surface area contributed by atoms with Crippen molar-refractivity contribution in [1.29, 1.82) is 0 Å². The van der Waals surface area contributed by atoms with Crippen molar-refractivity contribution in [3.63, 3.8) is 0 Å². The van der Waals surface area contributed by atoms with Crippen LogP contribution in [-0.2, 0) is 0 Å². The number of benzene rings is 2. The van der Waals surface area contributed by atoms with Crippen LogP contribution in [0.15, 0.2) is 36.4 Å². The fraction of sp³-hybridized carbons (Fsp3) is 0.0714. The molecule has 1 amide bonds. The van der Waals surface area contributed by atoms with Crippen LogP contribution < -0.4 is 5.32 Å². The molecule has 0 fully saturated rings. The SMILES string of the molecule is Cc1ccccc1C(=O)Nc1cc(F)c(F)c(F)c1. The molecule has 2 aromatic carbocycles. The van der Waals surface area contributed by atoms with Gasteiger partial charge < -0.3 is 5.32 Å². The van der Waals surface area contributed by atoms with E-state index in [9.17, 15) is 18.0 Å². The second-order valence-electron chi connectivity index (χ2n) is 4.02. The van der Waals surface area contributed by atoms with Crippen LogP contribution in [0.2, 0.25) is 0 Å². The Balaban J connectivity index is 2.27. The van der Waals surface area contributed by atoms with Crippen molar-refractivity contribution in [3.8, 4) is 0 Å². The summed E-state index contributed by atoms with van der Waals surface area (Å²) in [5, 5.41) is 2.32. The largest absolute Gasteiger partial charge is 0.322 e. The lowest BCUT2D eigenvalue weighted by atomic mass is 10.1. The van der Waals surface area contributed by atoms with Gasteiger partial charge in [-0.05, 0) is 18.6 Å². The molecule has 5 heteroatoms. The van der Waals surface area contributed by atoms with E-state index in [4.69, 9.17) is 0 Å². The van der Waals surface area contributed by atoms with Gasteiger partial charge in [-0.1, -0.05) is 18.2 Å². The van der Waals surface area contributed by atoms with E-state index < -0.39 is 23.4 Å². The van der Waals surface area contributed by atoms with Crippen molar-refractivity contribution in [2.75, 3.05) is 5.32 Å². The highest BCUT2D eigenvalue weighted by atomic mass is 19.2. The lowest BCUT2D eigenvalue weighted by molar-refractivity contribution is 0.102. The third-order valence-electron chi connectivity index (χ3n) is 2.63. The third-order valence-corrected chi connectivity index (χ3v) is 2.63. The molecule has 0 unspecified atom stereocenters. The monoisotopic (exact) mass is 265 g/mol. The van der Waals surface area contributed by atoms with Crippen molar-refractivity contribution in [2.24, 2.45) is 0 Å². The fourth-order valence-electron chi connectivity index (χ4n) is 1.65. The predicted octanol–water partition coefficient (Wildman–Crippen LogP) is 3.66. The maximum Gasteiger partial charge on any atom is 0.255 e. The van der Waals surface area contributed by atoms with Crippen LogP contribution in [0.25, 0.3) is 0 Å². The van der Waals surface area contributed by atoms with E-state index in [1.54, 1.807) is 31.2 Å². The molecule has 19 heavy (non-hydrogen) atoms. The second kappa shape index (κ2) is 5.14. The summed E-state index contributed by atoms with van der Waals surface area (Å²) in [5.74, 6) is -4.77. The quantitative estimate of drug-likeness (QED) is 0.825. The molecule has 2 nitrogen and oxygen atoms in total. The summed E-state index contributed by atoms with van der Waals surface area (Å²) in [4.78, 5) is 11.9. The predicted molar refractivity (Wildman–Crippen MR) is 65.4 cm³/mol. The summed E-state index contributed by atoms with van der Waals surface area (Å²) in [6.07, 6.45) is 0. The summed E-state index contributed by atoms with van der Waals surface area (Å²) >= 11 is 0. The highest BCUT2D eigenvalue weighted by Gasteiger charge is 2.13. The first-order chi connectivity index (χ1) is 8.99. The summed E-state index contributed by atoms with van der Waals surface area (Å²) < 4.78 is 38.8. The van der Waals surface area contributed by atoms with Crippen molar-refractivity contribution in [1.82, 2.24) is 0 Å². The van der Waals surface area contributed by atoms with Crippen LogP contribution in [-0.4, -0.2) is 5.91 Å². The van der Waals surface area contributed by atoms with Crippen molar-refractivity contribution in [3.05, 3.63) is 65.0 Å². The molecule has 0 heterocycles. The zero-order valence-electron chi connectivity index (χ0n) is 10.0. The van der Waals surface area contributed by atoms with Crippen molar-refractivity contribution >= 4 is 11.6 Å². The Kier molecular flexibility index (Phi) is 3.55. The zero-order valence-corrected chi connectivity index (χ0v) is 10.0. The Morgan fingerprint density at radius 1 is 1.05 bits per heavy atom. The maximum absolute atomic E-state index is 13.0. The minimum Gasteiger partial charge on any atom is -0.322 e. The van der Waals surface area contributed by atoms with E-state index in [2.05, 4.69) is 5.32 Å². The zero-order chi connectivity index (χ0) is 14.0. The minimum atomic E-state index is -1.56. The van der Waals surface area contributed by atoms with Gasteiger partial charge >= 0.3 is 0 Å². The molecule has 2 rings (SSSR count). The van der Waals surface area contributed by atoms with Crippen LogP contribution in [0.1, 0.15) is 15.9 Å². The first-order valence-electron chi connectivity index (χ1n) is 5.50. The molecule has 0 saturated heterocycles. The van der Waals surface area contributed by atoms with E-state index in [0.717, 1.165) is 17.7 Å². The molecule has 0 bridgehead atoms. The Labute approximate surface area is 107 Å². The second-order valence-corrected chi connectivity index (χ2v) is 4.02. The topological polar surface area (TPSA) is 29.1 Å². The Hall–Kier alpha value is -2.30. The van der Waals surface area contributed by atoms with Gasteiger partial charge in [-0.3, -0.25) is 4.79 Å². The number of hydrogen-bond donors (Lipinski definition) is 1. The first-order valence-corrected chi connectivity index (χ1v) is 5.50. The van der Waals surface area contributed by atoms with E-state index >= 15 is 0 Å². The van der Waals surface area contributed by atoms with Gasteiger partial charge in [0.25, 0.3) is 5.91 Å². The van der Waals surface area contributed by atoms with Gasteiger partial charge in [0.05, 0.1) is 0 Å². The molecule has 0 radical (unpaired) electrons. The molecule has 0 aromatic heterocycles. The number of carbonyl (C=O) groups is 1. The van der Waals surface area contributed by atoms with Crippen LogP contribution in [0, 0.1) is 24.4 Å². The summed E-state index contributed by atoms with van der Waals surface area (Å²) in [5.41, 5.74) is 0.973. The number of aryl methyl sites for hydroxylation is 1. The van der Waals surface area contributed by atoms with Crippen LogP contribution in [0.3, 0.4) is 0 Å². The molecular weight excluding hydrogens is 255 g/mol. The third kappa shape index (κ3) is 2.76. The molecule has 1 N–H and O–H groups in total. The van der Waals surface area contributed by atoms with Gasteiger partial charge in [0, 0.05) is 23.4 Å². The average Bonchev–Trinajstić information content (AvgIpc) is 2.36. The first kappa shape index (κ1) is 13.1. The number of halogens is 3. The Morgan fingerprint density at radius 2 is 1.63 bits per heavy atom. The van der Waals surface area contributed by atoms with Crippen LogP contribution in [0.5, 0.6) is 0 Å². The number of nitrogens with one attached hydrogen (secondary N) is 1. The van der Waals surface area contributed by atoms with Gasteiger partial charge in [-0.2, -0.15) is 0 Å². The highest BCUT2D eigenvalue weighted by molar-refractivity contribution is 6.05. The summed E-state index contributed by atoms with van der Waals surface area (Å²) in [6.45, 7) is 1.74. The number of anilines is 1. The smallest absolute Gasteiger partial charge is 0.255 e. The number of hydrogen-bond acceptors (Lipinski definition) is 1. The van der Waals surface area contributed by atoms with Crippen LogP contribution in [0.4, 0.5) is 18.9 Å². The number of rotatable bonds is 2. The highest BCUT2D eigenvalue weighted by Crippen LogP contribution is 2.18. The van der Waals surface area contributed by atoms with E-state index in [-0.39, 0.29) is 5.69 Å². The molecule has 0 aliphatic rings. The lowest BCUT2D eigenvalue weighted by Crippen LogP contribution is -2.13. The van der Waals surface area contributed by atoms with E-state index in [1.165, 1.54) is 0 Å². The summed E-state index contributed by atoms with van der Waals surface area (Å²) in [6, 6.07) is 8.22. The lowest BCUT2D eigenvalue weighted by Gasteiger charge is -2.08. The number of carbonyl (C=O) groups excluding carboxylic acids is 1. The fourth-order valence-corrected chi connectivity index (χ4v) is 1.65. The minimum absolute atomic E-state index is 0.135. The van der Waals surface area contributed by atoms with Gasteiger partial charge in [0.1, 0.15) is 0 Å². The molecule has 2 aromatic rings. The van der Waals surface area contributed by atoms with Crippen molar-refractivity contribution < 1.29 is 18.0 Å². The molecule has 0 aliphatic heterocycles. The van der Waals surface area contributed by atoms with E-state index in [1.807, 2.05) is 0 Å². The van der Waals surface area contributed by atoms with E-state index in [0.29, 0.717) is 5.56 Å². The molecule has 0 saturated carbocycles. The average molecular weight is 265 g/mol. The normalized spacial score (nSPS) is 10.3.